The van der Waals surface area contributed by atoms with E-state index in [1.165, 1.54) is 0 Å². The van der Waals surface area contributed by atoms with E-state index >= 15 is 0 Å². The summed E-state index contributed by atoms with van der Waals surface area (Å²) in [6.45, 7) is 3.51. The van der Waals surface area contributed by atoms with Crippen molar-refractivity contribution in [3.63, 3.8) is 0 Å². The lowest BCUT2D eigenvalue weighted by molar-refractivity contribution is -0.137. The van der Waals surface area contributed by atoms with E-state index in [1.807, 2.05) is 0 Å². The van der Waals surface area contributed by atoms with Gasteiger partial charge < -0.3 is 5.11 Å². The highest BCUT2D eigenvalue weighted by atomic mass is 32.1. The first-order valence-electron chi connectivity index (χ1n) is 5.44. The molecule has 2 aromatic rings. The fourth-order valence-electron chi connectivity index (χ4n) is 1.68. The van der Waals surface area contributed by atoms with Gasteiger partial charge >= 0.3 is 6.18 Å². The fraction of sp³-hybridized carbons (Fsp3) is 0.333. The molecule has 0 radical (unpaired) electrons. The molecule has 0 amide bonds. The highest BCUT2D eigenvalue weighted by Crippen LogP contribution is 2.36. The van der Waals surface area contributed by atoms with Crippen LogP contribution in [0.2, 0.25) is 0 Å². The van der Waals surface area contributed by atoms with E-state index in [0.717, 1.165) is 11.9 Å². The molecule has 102 valence electrons. The Balaban J connectivity index is 2.34. The molecular formula is C12H11F3N2OS. The van der Waals surface area contributed by atoms with Crippen molar-refractivity contribution < 1.29 is 18.3 Å². The molecule has 0 saturated heterocycles. The van der Waals surface area contributed by atoms with Crippen LogP contribution < -0.4 is 0 Å². The van der Waals surface area contributed by atoms with Gasteiger partial charge in [0, 0.05) is 23.1 Å². The van der Waals surface area contributed by atoms with Crippen molar-refractivity contribution in [2.75, 3.05) is 0 Å². The number of alkyl halides is 3. The maximum Gasteiger partial charge on any atom is 0.443 e. The largest absolute Gasteiger partial charge is 0.443 e. The molecule has 0 aliphatic carbocycles. The number of hydrogen-bond acceptors (Lipinski definition) is 4. The third kappa shape index (κ3) is 2.93. The van der Waals surface area contributed by atoms with Crippen LogP contribution in [0.5, 0.6) is 0 Å². The lowest BCUT2D eigenvalue weighted by atomic mass is 10.1. The predicted molar refractivity (Wildman–Crippen MR) is 64.9 cm³/mol. The Labute approximate surface area is 111 Å². The number of aliphatic hydroxyl groups excluding tert-OH is 1. The minimum absolute atomic E-state index is 0.154. The van der Waals surface area contributed by atoms with Crippen LogP contribution in [0.15, 0.2) is 18.3 Å². The Hall–Kier alpha value is -1.47. The third-order valence-corrected chi connectivity index (χ3v) is 3.69. The van der Waals surface area contributed by atoms with Gasteiger partial charge in [-0.05, 0) is 19.9 Å². The monoisotopic (exact) mass is 288 g/mol. The summed E-state index contributed by atoms with van der Waals surface area (Å²) in [6.07, 6.45) is -4.57. The first-order chi connectivity index (χ1) is 8.79. The molecule has 0 fully saturated rings. The zero-order chi connectivity index (χ0) is 14.2. The minimum Gasteiger partial charge on any atom is -0.383 e. The van der Waals surface area contributed by atoms with Crippen molar-refractivity contribution >= 4 is 11.3 Å². The second-order valence-corrected chi connectivity index (χ2v) is 5.16. The molecule has 3 nitrogen and oxygen atoms in total. The van der Waals surface area contributed by atoms with Crippen molar-refractivity contribution in [2.24, 2.45) is 0 Å². The van der Waals surface area contributed by atoms with Gasteiger partial charge in [0.05, 0.1) is 4.88 Å². The summed E-state index contributed by atoms with van der Waals surface area (Å²) in [5.41, 5.74) is 1.87. The van der Waals surface area contributed by atoms with Crippen molar-refractivity contribution in [1.82, 2.24) is 9.97 Å². The molecule has 0 spiro atoms. The number of hydrogen-bond donors (Lipinski definition) is 1. The Morgan fingerprint density at radius 2 is 1.95 bits per heavy atom. The topological polar surface area (TPSA) is 46.0 Å². The maximum atomic E-state index is 12.5. The van der Waals surface area contributed by atoms with Gasteiger partial charge in [-0.15, -0.1) is 11.3 Å². The van der Waals surface area contributed by atoms with Crippen LogP contribution >= 0.6 is 11.3 Å². The average Bonchev–Trinajstić information content (AvgIpc) is 2.76. The van der Waals surface area contributed by atoms with Crippen molar-refractivity contribution in [3.8, 4) is 0 Å². The zero-order valence-corrected chi connectivity index (χ0v) is 11.0. The first kappa shape index (κ1) is 14.0. The SMILES string of the molecule is Cc1ccc(C(O)c2cnc(C(F)(F)F)s2)c(C)n1. The van der Waals surface area contributed by atoms with Crippen LogP contribution in [0.1, 0.15) is 32.9 Å². The summed E-state index contributed by atoms with van der Waals surface area (Å²) in [6, 6.07) is 3.37. The summed E-state index contributed by atoms with van der Waals surface area (Å²) < 4.78 is 37.4. The summed E-state index contributed by atoms with van der Waals surface area (Å²) in [4.78, 5) is 7.63. The van der Waals surface area contributed by atoms with Gasteiger partial charge in [0.1, 0.15) is 6.10 Å². The number of thiazole rings is 1. The standard InChI is InChI=1S/C12H11F3N2OS/c1-6-3-4-8(7(2)17-6)10(18)9-5-16-11(19-9)12(13,14)15/h3-5,10,18H,1-2H3. The number of aliphatic hydroxyl groups is 1. The van der Waals surface area contributed by atoms with Gasteiger partial charge in [-0.2, -0.15) is 13.2 Å². The Morgan fingerprint density at radius 3 is 2.47 bits per heavy atom. The maximum absolute atomic E-state index is 12.5. The van der Waals surface area contributed by atoms with Crippen LogP contribution in [0.25, 0.3) is 0 Å². The van der Waals surface area contributed by atoms with Crippen LogP contribution in [-0.2, 0) is 6.18 Å². The summed E-state index contributed by atoms with van der Waals surface area (Å²) in [5.74, 6) is 0. The molecule has 19 heavy (non-hydrogen) atoms. The molecule has 2 rings (SSSR count). The quantitative estimate of drug-likeness (QED) is 0.922. The molecule has 1 N–H and O–H groups in total. The minimum atomic E-state index is -4.48. The molecule has 2 aromatic heterocycles. The number of pyridine rings is 1. The molecule has 0 aliphatic heterocycles. The van der Waals surface area contributed by atoms with Gasteiger partial charge in [0.2, 0.25) is 0 Å². The number of nitrogens with zero attached hydrogens (tertiary/aromatic N) is 2. The van der Waals surface area contributed by atoms with Gasteiger partial charge in [0.25, 0.3) is 0 Å². The Morgan fingerprint density at radius 1 is 1.26 bits per heavy atom. The van der Waals surface area contributed by atoms with Crippen LogP contribution in [-0.4, -0.2) is 15.1 Å². The molecular weight excluding hydrogens is 277 g/mol. The molecule has 1 unspecified atom stereocenters. The molecule has 0 aliphatic rings. The van der Waals surface area contributed by atoms with Crippen molar-refractivity contribution in [3.05, 3.63) is 45.2 Å². The van der Waals surface area contributed by atoms with Crippen molar-refractivity contribution in [2.45, 2.75) is 26.1 Å². The lowest BCUT2D eigenvalue weighted by Gasteiger charge is -2.11. The van der Waals surface area contributed by atoms with Gasteiger partial charge in [-0.3, -0.25) is 4.98 Å². The van der Waals surface area contributed by atoms with Crippen LogP contribution in [0.3, 0.4) is 0 Å². The van der Waals surface area contributed by atoms with Gasteiger partial charge in [-0.25, -0.2) is 4.98 Å². The number of aromatic nitrogens is 2. The number of halogens is 3. The summed E-state index contributed by atoms with van der Waals surface area (Å²) in [5, 5.41) is 9.15. The lowest BCUT2D eigenvalue weighted by Crippen LogP contribution is -2.03. The smallest absolute Gasteiger partial charge is 0.383 e. The van der Waals surface area contributed by atoms with E-state index in [-0.39, 0.29) is 4.88 Å². The van der Waals surface area contributed by atoms with E-state index < -0.39 is 17.3 Å². The Kier molecular flexibility index (Phi) is 3.60. The Bertz CT molecular complexity index is 595. The molecule has 2 heterocycles. The predicted octanol–water partition coefficient (Wildman–Crippen LogP) is 3.26. The van der Waals surface area contributed by atoms with E-state index in [2.05, 4.69) is 9.97 Å². The van der Waals surface area contributed by atoms with Crippen LogP contribution in [0, 0.1) is 13.8 Å². The fourth-order valence-corrected chi connectivity index (χ4v) is 2.47. The molecule has 0 saturated carbocycles. The van der Waals surface area contributed by atoms with Gasteiger partial charge in [-0.1, -0.05) is 6.07 Å². The van der Waals surface area contributed by atoms with Gasteiger partial charge in [0.15, 0.2) is 5.01 Å². The normalized spacial score (nSPS) is 13.6. The van der Waals surface area contributed by atoms with Crippen molar-refractivity contribution in [1.29, 1.82) is 0 Å². The summed E-state index contributed by atoms with van der Waals surface area (Å²) >= 11 is 0.442. The number of rotatable bonds is 2. The van der Waals surface area contributed by atoms with Crippen LogP contribution in [0.4, 0.5) is 13.2 Å². The second-order valence-electron chi connectivity index (χ2n) is 4.10. The second kappa shape index (κ2) is 4.90. The molecule has 7 heteroatoms. The first-order valence-corrected chi connectivity index (χ1v) is 6.26. The van der Waals surface area contributed by atoms with E-state index in [0.29, 0.717) is 22.6 Å². The van der Waals surface area contributed by atoms with E-state index in [4.69, 9.17) is 0 Å². The van der Waals surface area contributed by atoms with E-state index in [9.17, 15) is 18.3 Å². The zero-order valence-electron chi connectivity index (χ0n) is 10.2. The van der Waals surface area contributed by atoms with E-state index in [1.54, 1.807) is 26.0 Å². The summed E-state index contributed by atoms with van der Waals surface area (Å²) in [7, 11) is 0. The third-order valence-electron chi connectivity index (χ3n) is 2.60. The number of aryl methyl sites for hydroxylation is 2. The molecule has 1 atom stereocenters. The molecule has 0 aromatic carbocycles. The average molecular weight is 288 g/mol. The highest BCUT2D eigenvalue weighted by molar-refractivity contribution is 7.11. The highest BCUT2D eigenvalue weighted by Gasteiger charge is 2.35. The molecule has 0 bridgehead atoms.